The normalized spacial score (nSPS) is 21.2. The zero-order valence-electron chi connectivity index (χ0n) is 17.9. The van der Waals surface area contributed by atoms with Crippen molar-refractivity contribution in [3.05, 3.63) is 28.2 Å². The average molecular weight is 406 g/mol. The van der Waals surface area contributed by atoms with Crippen LogP contribution < -0.4 is 5.32 Å². The number of esters is 2. The monoisotopic (exact) mass is 406 g/mol. The van der Waals surface area contributed by atoms with Crippen molar-refractivity contribution < 1.29 is 28.6 Å². The van der Waals surface area contributed by atoms with Gasteiger partial charge >= 0.3 is 11.9 Å². The third-order valence-electron chi connectivity index (χ3n) is 5.46. The number of methoxy groups -OCH3 is 2. The van der Waals surface area contributed by atoms with Crippen molar-refractivity contribution in [2.24, 2.45) is 11.8 Å². The van der Waals surface area contributed by atoms with Gasteiger partial charge in [-0.3, -0.25) is 9.59 Å². The number of hydrogen-bond acceptors (Lipinski definition) is 6. The molecule has 1 amide bonds. The molecule has 1 saturated heterocycles. The molecule has 8 nitrogen and oxygen atoms in total. The third kappa shape index (κ3) is 4.87. The topological polar surface area (TPSA) is 107 Å². The molecule has 0 saturated carbocycles. The summed E-state index contributed by atoms with van der Waals surface area (Å²) in [5.74, 6) is -1.25. The first kappa shape index (κ1) is 22.7. The second kappa shape index (κ2) is 9.73. The number of ether oxygens (including phenoxy) is 3. The van der Waals surface area contributed by atoms with Crippen LogP contribution in [-0.4, -0.2) is 49.8 Å². The molecule has 8 heteroatoms. The minimum Gasteiger partial charge on any atom is -0.469 e. The van der Waals surface area contributed by atoms with E-state index in [0.29, 0.717) is 23.4 Å². The molecular weight excluding hydrogens is 376 g/mol. The number of carbonyl (C=O) groups is 3. The van der Waals surface area contributed by atoms with Crippen LogP contribution in [0.15, 0.2) is 5.70 Å². The number of nitrogens with one attached hydrogen (secondary N) is 2. The van der Waals surface area contributed by atoms with Crippen molar-refractivity contribution in [1.82, 2.24) is 10.3 Å². The molecule has 1 aliphatic heterocycles. The molecule has 0 unspecified atom stereocenters. The molecule has 2 rings (SSSR count). The van der Waals surface area contributed by atoms with Crippen LogP contribution >= 0.6 is 0 Å². The van der Waals surface area contributed by atoms with Gasteiger partial charge in [0.25, 0.3) is 0 Å². The maximum atomic E-state index is 12.4. The van der Waals surface area contributed by atoms with Gasteiger partial charge in [-0.15, -0.1) is 0 Å². The number of aromatic amines is 1. The highest BCUT2D eigenvalue weighted by molar-refractivity contribution is 5.91. The number of H-pyrrole nitrogens is 1. The predicted molar refractivity (Wildman–Crippen MR) is 107 cm³/mol. The van der Waals surface area contributed by atoms with Gasteiger partial charge in [-0.25, -0.2) is 4.79 Å². The molecule has 0 spiro atoms. The van der Waals surface area contributed by atoms with Gasteiger partial charge in [0.15, 0.2) is 0 Å². The molecule has 160 valence electrons. The van der Waals surface area contributed by atoms with Crippen LogP contribution in [0, 0.1) is 18.8 Å². The first-order valence-corrected chi connectivity index (χ1v) is 9.75. The molecule has 29 heavy (non-hydrogen) atoms. The van der Waals surface area contributed by atoms with Gasteiger partial charge in [0.05, 0.1) is 19.8 Å². The van der Waals surface area contributed by atoms with Gasteiger partial charge in [-0.2, -0.15) is 0 Å². The number of amides is 1. The summed E-state index contributed by atoms with van der Waals surface area (Å²) < 4.78 is 15.3. The van der Waals surface area contributed by atoms with Crippen LogP contribution in [-0.2, 0) is 30.2 Å². The lowest BCUT2D eigenvalue weighted by atomic mass is 9.89. The van der Waals surface area contributed by atoms with E-state index < -0.39 is 5.97 Å². The molecule has 0 aromatic carbocycles. The van der Waals surface area contributed by atoms with Gasteiger partial charge in [-0.1, -0.05) is 6.92 Å². The Balaban J connectivity index is 2.46. The highest BCUT2D eigenvalue weighted by Crippen LogP contribution is 2.33. The van der Waals surface area contributed by atoms with Crippen LogP contribution in [0.4, 0.5) is 0 Å². The molecule has 1 aromatic rings. The second-order valence-electron chi connectivity index (χ2n) is 7.16. The number of carbonyl (C=O) groups excluding carboxylic acids is 3. The molecular formula is C21H30N2O6. The van der Waals surface area contributed by atoms with Gasteiger partial charge in [0.1, 0.15) is 5.69 Å². The third-order valence-corrected chi connectivity index (χ3v) is 5.46. The Hall–Kier alpha value is -2.61. The number of hydrogen-bond donors (Lipinski definition) is 2. The summed E-state index contributed by atoms with van der Waals surface area (Å²) in [7, 11) is 2.94. The predicted octanol–water partition coefficient (Wildman–Crippen LogP) is 2.36. The van der Waals surface area contributed by atoms with Crippen LogP contribution in [0.25, 0.3) is 6.08 Å². The molecule has 1 fully saturated rings. The van der Waals surface area contributed by atoms with E-state index in [9.17, 15) is 14.4 Å². The molecule has 3 atom stereocenters. The van der Waals surface area contributed by atoms with E-state index in [1.165, 1.54) is 7.11 Å². The Morgan fingerprint density at radius 2 is 1.97 bits per heavy atom. The maximum Gasteiger partial charge on any atom is 0.355 e. The Labute approximate surface area is 171 Å². The van der Waals surface area contributed by atoms with E-state index in [-0.39, 0.29) is 42.8 Å². The van der Waals surface area contributed by atoms with E-state index in [1.807, 2.05) is 26.8 Å². The lowest BCUT2D eigenvalue weighted by molar-refractivity contribution is -0.140. The fourth-order valence-electron chi connectivity index (χ4n) is 3.68. The SMILES string of the molecule is CCOC(=O)c1[nH]c(/C=C2/NC(=O)[C@H](C)[C@H]2[C@H](C)OC)c(C)c1CCC(=O)OC. The van der Waals surface area contributed by atoms with Crippen molar-refractivity contribution in [1.29, 1.82) is 0 Å². The van der Waals surface area contributed by atoms with E-state index in [1.54, 1.807) is 14.0 Å². The minimum atomic E-state index is -0.481. The second-order valence-corrected chi connectivity index (χ2v) is 7.16. The minimum absolute atomic E-state index is 0.0640. The fraction of sp³-hybridized carbons (Fsp3) is 0.571. The average Bonchev–Trinajstić information content (AvgIpc) is 3.16. The molecule has 2 heterocycles. The summed E-state index contributed by atoms with van der Waals surface area (Å²) in [5.41, 5.74) is 3.26. The van der Waals surface area contributed by atoms with Crippen LogP contribution in [0.2, 0.25) is 0 Å². The number of aromatic nitrogens is 1. The first-order chi connectivity index (χ1) is 13.7. The highest BCUT2D eigenvalue weighted by Gasteiger charge is 2.39. The Bertz CT molecular complexity index is 810. The standard InChI is InChI=1S/C21H30N2O6/c1-7-29-21(26)19-14(8-9-17(24)28-6)11(2)15(22-19)10-16-18(13(4)27-5)12(3)20(25)23-16/h10,12-13,18,22H,7-9H2,1-6H3,(H,23,25)/b16-10+/t12-,13+,18+/m1/s1. The molecule has 1 aromatic heterocycles. The maximum absolute atomic E-state index is 12.4. The van der Waals surface area contributed by atoms with E-state index >= 15 is 0 Å². The van der Waals surface area contributed by atoms with E-state index in [4.69, 9.17) is 14.2 Å². The van der Waals surface area contributed by atoms with Crippen molar-refractivity contribution in [3.63, 3.8) is 0 Å². The van der Waals surface area contributed by atoms with Gasteiger partial charge < -0.3 is 24.5 Å². The highest BCUT2D eigenvalue weighted by atomic mass is 16.5. The molecule has 0 radical (unpaired) electrons. The molecule has 0 aliphatic carbocycles. The van der Waals surface area contributed by atoms with Gasteiger partial charge in [0.2, 0.25) is 5.91 Å². The van der Waals surface area contributed by atoms with E-state index in [0.717, 1.165) is 11.3 Å². The van der Waals surface area contributed by atoms with Crippen LogP contribution in [0.5, 0.6) is 0 Å². The van der Waals surface area contributed by atoms with Crippen molar-refractivity contribution in [2.75, 3.05) is 20.8 Å². The molecule has 1 aliphatic rings. The Morgan fingerprint density at radius 1 is 1.28 bits per heavy atom. The lowest BCUT2D eigenvalue weighted by Gasteiger charge is -2.21. The van der Waals surface area contributed by atoms with Crippen LogP contribution in [0.1, 0.15) is 54.5 Å². The summed E-state index contributed by atoms with van der Waals surface area (Å²) in [6.45, 7) is 7.63. The largest absolute Gasteiger partial charge is 0.469 e. The van der Waals surface area contributed by atoms with Gasteiger partial charge in [0, 0.05) is 36.8 Å². The molecule has 2 N–H and O–H groups in total. The van der Waals surface area contributed by atoms with Crippen LogP contribution in [0.3, 0.4) is 0 Å². The lowest BCUT2D eigenvalue weighted by Crippen LogP contribution is -2.24. The smallest absolute Gasteiger partial charge is 0.355 e. The zero-order valence-corrected chi connectivity index (χ0v) is 17.9. The van der Waals surface area contributed by atoms with Crippen molar-refractivity contribution in [3.8, 4) is 0 Å². The Kier molecular flexibility index (Phi) is 7.61. The summed E-state index contributed by atoms with van der Waals surface area (Å²) in [6.07, 6.45) is 2.16. The summed E-state index contributed by atoms with van der Waals surface area (Å²) in [5, 5.41) is 2.92. The molecule has 0 bridgehead atoms. The Morgan fingerprint density at radius 3 is 2.55 bits per heavy atom. The summed E-state index contributed by atoms with van der Waals surface area (Å²) in [6, 6.07) is 0. The zero-order chi connectivity index (χ0) is 21.7. The quantitative estimate of drug-likeness (QED) is 0.642. The first-order valence-electron chi connectivity index (χ1n) is 9.75. The summed E-state index contributed by atoms with van der Waals surface area (Å²) >= 11 is 0. The van der Waals surface area contributed by atoms with Gasteiger partial charge in [-0.05, 0) is 44.4 Å². The van der Waals surface area contributed by atoms with Crippen molar-refractivity contribution in [2.45, 2.75) is 46.6 Å². The fourth-order valence-corrected chi connectivity index (χ4v) is 3.68. The van der Waals surface area contributed by atoms with Crippen molar-refractivity contribution >= 4 is 23.9 Å². The number of rotatable bonds is 8. The summed E-state index contributed by atoms with van der Waals surface area (Å²) in [4.78, 5) is 39.4. The van der Waals surface area contributed by atoms with E-state index in [2.05, 4.69) is 10.3 Å².